The maximum atomic E-state index is 8.93. The zero-order valence-electron chi connectivity index (χ0n) is 9.14. The Morgan fingerprint density at radius 1 is 1.27 bits per heavy atom. The lowest BCUT2D eigenvalue weighted by Gasteiger charge is -1.94. The average Bonchev–Trinajstić information content (AvgIpc) is 2.25. The molecule has 0 N–H and O–H groups in total. The van der Waals surface area contributed by atoms with Crippen molar-refractivity contribution < 1.29 is 0 Å². The highest BCUT2D eigenvalue weighted by Gasteiger charge is 1.91. The van der Waals surface area contributed by atoms with Crippen LogP contribution in [0.2, 0.25) is 0 Å². The van der Waals surface area contributed by atoms with Crippen molar-refractivity contribution in [2.24, 2.45) is 5.92 Å². The highest BCUT2D eigenvalue weighted by molar-refractivity contribution is 5.60. The van der Waals surface area contributed by atoms with Gasteiger partial charge < -0.3 is 0 Å². The van der Waals surface area contributed by atoms with Crippen molar-refractivity contribution >= 4 is 6.08 Å². The first-order valence-electron chi connectivity index (χ1n) is 5.07. The summed E-state index contributed by atoms with van der Waals surface area (Å²) in [6, 6.07) is 12.0. The molecule has 0 saturated carbocycles. The molecule has 1 nitrogen and oxygen atoms in total. The van der Waals surface area contributed by atoms with Gasteiger partial charge in [-0.3, -0.25) is 0 Å². The summed E-state index contributed by atoms with van der Waals surface area (Å²) in [4.78, 5) is 0. The lowest BCUT2D eigenvalue weighted by Crippen LogP contribution is -1.79. The number of hydrogen-bond acceptors (Lipinski definition) is 1. The fraction of sp³-hybridized carbons (Fsp3) is 0.214. The second-order valence-electron chi connectivity index (χ2n) is 3.73. The van der Waals surface area contributed by atoms with Gasteiger partial charge in [0, 0.05) is 0 Å². The summed E-state index contributed by atoms with van der Waals surface area (Å²) in [5.41, 5.74) is 1.75. The Morgan fingerprint density at radius 3 is 2.47 bits per heavy atom. The minimum absolute atomic E-state index is 0.470. The van der Waals surface area contributed by atoms with Crippen LogP contribution in [0.4, 0.5) is 0 Å². The van der Waals surface area contributed by atoms with Gasteiger partial charge in [-0.15, -0.1) is 0 Å². The van der Waals surface area contributed by atoms with Crippen molar-refractivity contribution in [3.63, 3.8) is 0 Å². The number of hydrogen-bond donors (Lipinski definition) is 0. The van der Waals surface area contributed by atoms with Crippen molar-refractivity contribution in [2.45, 2.75) is 13.8 Å². The lowest BCUT2D eigenvalue weighted by atomic mass is 10.1. The molecular weight excluding hydrogens is 182 g/mol. The summed E-state index contributed by atoms with van der Waals surface area (Å²) in [5, 5.41) is 8.93. The maximum Gasteiger partial charge on any atom is 0.0991 e. The van der Waals surface area contributed by atoms with Crippen LogP contribution < -0.4 is 0 Å². The predicted octanol–water partition coefficient (Wildman–Crippen LogP) is 3.81. The van der Waals surface area contributed by atoms with E-state index in [-0.39, 0.29) is 0 Å². The minimum Gasteiger partial charge on any atom is -0.192 e. The Balaban J connectivity index is 2.85. The molecule has 15 heavy (non-hydrogen) atoms. The number of allylic oxidation sites excluding steroid dienone is 3. The molecule has 0 amide bonds. The average molecular weight is 197 g/mol. The van der Waals surface area contributed by atoms with Crippen molar-refractivity contribution in [2.75, 3.05) is 0 Å². The summed E-state index contributed by atoms with van der Waals surface area (Å²) in [6.07, 6.45) is 5.79. The van der Waals surface area contributed by atoms with Gasteiger partial charge in [0.25, 0.3) is 0 Å². The Kier molecular flexibility index (Phi) is 4.37. The van der Waals surface area contributed by atoms with E-state index in [0.717, 1.165) is 5.56 Å². The van der Waals surface area contributed by atoms with Crippen LogP contribution in [0.5, 0.6) is 0 Å². The molecule has 1 aromatic rings. The fourth-order valence-electron chi connectivity index (χ4n) is 1.14. The molecule has 0 aliphatic carbocycles. The molecule has 0 radical (unpaired) electrons. The van der Waals surface area contributed by atoms with Gasteiger partial charge in [-0.25, -0.2) is 0 Å². The molecule has 0 bridgehead atoms. The molecule has 1 heteroatoms. The number of nitriles is 1. The minimum atomic E-state index is 0.470. The zero-order chi connectivity index (χ0) is 11.1. The molecule has 0 spiro atoms. The SMILES string of the molecule is CC(C)/C=C/C(C#N)=C/c1ccccc1. The molecular formula is C14H15N. The standard InChI is InChI=1S/C14H15N/c1-12(2)8-9-14(11-15)10-13-6-4-3-5-7-13/h3-10,12H,1-2H3/b9-8+,14-10-. The van der Waals surface area contributed by atoms with Gasteiger partial charge in [0.2, 0.25) is 0 Å². The van der Waals surface area contributed by atoms with Gasteiger partial charge in [-0.1, -0.05) is 50.3 Å². The van der Waals surface area contributed by atoms with Crippen LogP contribution in [-0.2, 0) is 0 Å². The third kappa shape index (κ3) is 4.28. The number of rotatable bonds is 3. The van der Waals surface area contributed by atoms with Crippen LogP contribution >= 0.6 is 0 Å². The van der Waals surface area contributed by atoms with Gasteiger partial charge in [0.15, 0.2) is 0 Å². The molecule has 0 fully saturated rings. The van der Waals surface area contributed by atoms with Crippen molar-refractivity contribution in [1.29, 1.82) is 5.26 Å². The Bertz CT molecular complexity index is 391. The van der Waals surface area contributed by atoms with Crippen LogP contribution in [0.25, 0.3) is 6.08 Å². The smallest absolute Gasteiger partial charge is 0.0991 e. The van der Waals surface area contributed by atoms with Crippen LogP contribution in [-0.4, -0.2) is 0 Å². The van der Waals surface area contributed by atoms with E-state index in [0.29, 0.717) is 11.5 Å². The predicted molar refractivity (Wildman–Crippen MR) is 64.0 cm³/mol. The van der Waals surface area contributed by atoms with Crippen molar-refractivity contribution in [3.05, 3.63) is 53.6 Å². The Hall–Kier alpha value is -1.81. The quantitative estimate of drug-likeness (QED) is 0.534. The number of nitrogens with zero attached hydrogens (tertiary/aromatic N) is 1. The Morgan fingerprint density at radius 2 is 1.93 bits per heavy atom. The maximum absolute atomic E-state index is 8.93. The summed E-state index contributed by atoms with van der Waals surface area (Å²) in [6.45, 7) is 4.18. The van der Waals surface area contributed by atoms with E-state index in [1.54, 1.807) is 0 Å². The Labute approximate surface area is 91.4 Å². The van der Waals surface area contributed by atoms with E-state index in [1.807, 2.05) is 48.6 Å². The topological polar surface area (TPSA) is 23.8 Å². The zero-order valence-corrected chi connectivity index (χ0v) is 9.14. The molecule has 0 aliphatic heterocycles. The normalized spacial score (nSPS) is 12.0. The van der Waals surface area contributed by atoms with Crippen molar-refractivity contribution in [1.82, 2.24) is 0 Å². The molecule has 1 rings (SSSR count). The van der Waals surface area contributed by atoms with Crippen molar-refractivity contribution in [3.8, 4) is 6.07 Å². The number of benzene rings is 1. The first kappa shape index (κ1) is 11.3. The van der Waals surface area contributed by atoms with Crippen LogP contribution in [0.15, 0.2) is 48.1 Å². The molecule has 76 valence electrons. The van der Waals surface area contributed by atoms with Gasteiger partial charge in [-0.05, 0) is 23.6 Å². The van der Waals surface area contributed by atoms with Gasteiger partial charge >= 0.3 is 0 Å². The second-order valence-corrected chi connectivity index (χ2v) is 3.73. The van der Waals surface area contributed by atoms with Crippen LogP contribution in [0, 0.1) is 17.2 Å². The summed E-state index contributed by atoms with van der Waals surface area (Å²) in [5.74, 6) is 0.470. The van der Waals surface area contributed by atoms with E-state index < -0.39 is 0 Å². The third-order valence-corrected chi connectivity index (χ3v) is 1.91. The van der Waals surface area contributed by atoms with Gasteiger partial charge in [0.05, 0.1) is 11.6 Å². The largest absolute Gasteiger partial charge is 0.192 e. The summed E-state index contributed by atoms with van der Waals surface area (Å²) >= 11 is 0. The lowest BCUT2D eigenvalue weighted by molar-refractivity contribution is 0.831. The third-order valence-electron chi connectivity index (χ3n) is 1.91. The highest BCUT2D eigenvalue weighted by atomic mass is 14.2. The summed E-state index contributed by atoms with van der Waals surface area (Å²) in [7, 11) is 0. The van der Waals surface area contributed by atoms with E-state index >= 15 is 0 Å². The molecule has 0 aliphatic rings. The monoisotopic (exact) mass is 197 g/mol. The fourth-order valence-corrected chi connectivity index (χ4v) is 1.14. The van der Waals surface area contributed by atoms with E-state index in [2.05, 4.69) is 19.9 Å². The van der Waals surface area contributed by atoms with E-state index in [9.17, 15) is 0 Å². The second kappa shape index (κ2) is 5.82. The first-order chi connectivity index (χ1) is 7.22. The van der Waals surface area contributed by atoms with Gasteiger partial charge in [-0.2, -0.15) is 5.26 Å². The van der Waals surface area contributed by atoms with E-state index in [1.165, 1.54) is 0 Å². The molecule has 0 saturated heterocycles. The molecule has 0 aromatic heterocycles. The highest BCUT2D eigenvalue weighted by Crippen LogP contribution is 2.08. The van der Waals surface area contributed by atoms with E-state index in [4.69, 9.17) is 5.26 Å². The molecule has 0 unspecified atom stereocenters. The van der Waals surface area contributed by atoms with Crippen LogP contribution in [0.3, 0.4) is 0 Å². The van der Waals surface area contributed by atoms with Crippen LogP contribution in [0.1, 0.15) is 19.4 Å². The molecule has 1 aromatic carbocycles. The van der Waals surface area contributed by atoms with Gasteiger partial charge in [0.1, 0.15) is 0 Å². The summed E-state index contributed by atoms with van der Waals surface area (Å²) < 4.78 is 0. The molecule has 0 atom stereocenters. The first-order valence-corrected chi connectivity index (χ1v) is 5.07. The molecule has 0 heterocycles.